The van der Waals surface area contributed by atoms with E-state index >= 15 is 0 Å². The molecule has 0 bridgehead atoms. The van der Waals surface area contributed by atoms with Crippen molar-refractivity contribution in [2.24, 2.45) is 0 Å². The van der Waals surface area contributed by atoms with E-state index in [1.165, 1.54) is 0 Å². The van der Waals surface area contributed by atoms with Crippen LogP contribution in [0.5, 0.6) is 0 Å². The largest absolute Gasteiger partial charge is 0.247 e. The fraction of sp³-hybridized carbons (Fsp3) is 0. The van der Waals surface area contributed by atoms with Crippen LogP contribution in [-0.2, 0) is 18.5 Å². The van der Waals surface area contributed by atoms with Crippen molar-refractivity contribution < 1.29 is 18.5 Å². The molecule has 0 rings (SSSR count). The summed E-state index contributed by atoms with van der Waals surface area (Å²) >= 11 is 3.55. The Labute approximate surface area is 63.7 Å². The molecule has 4 heavy (non-hydrogen) atoms. The van der Waals surface area contributed by atoms with Crippen LogP contribution in [0.25, 0.3) is 0 Å². The summed E-state index contributed by atoms with van der Waals surface area (Å²) < 4.78 is 4.19. The average molecular weight is 325 g/mol. The number of halogens is 2. The summed E-state index contributed by atoms with van der Waals surface area (Å²) in [6.45, 7) is 0. The molecule has 0 aromatic rings. The van der Waals surface area contributed by atoms with Crippen molar-refractivity contribution in [1.82, 2.24) is 0 Å². The maximum Gasteiger partial charge on any atom is 0.124 e. The van der Waals surface area contributed by atoms with Gasteiger partial charge in [0.05, 0.1) is 0 Å². The van der Waals surface area contributed by atoms with Gasteiger partial charge in [-0.15, -0.1) is 0 Å². The first kappa shape index (κ1) is 9.34. The van der Waals surface area contributed by atoms with Crippen molar-refractivity contribution >= 4 is 46.0 Å². The maximum atomic E-state index is 4.19. The fourth-order valence-corrected chi connectivity index (χ4v) is 0. The summed E-state index contributed by atoms with van der Waals surface area (Å²) in [5, 5.41) is 0. The van der Waals surface area contributed by atoms with E-state index in [2.05, 4.69) is 1.40 Å². The van der Waals surface area contributed by atoms with Gasteiger partial charge in [0.15, 0.2) is 0 Å². The Kier molecular flexibility index (Phi) is 20.7. The Balaban J connectivity index is 0. The zero-order valence-corrected chi connectivity index (χ0v) is 7.04. The van der Waals surface area contributed by atoms with Gasteiger partial charge in [0.2, 0.25) is 0 Å². The third kappa shape index (κ3) is 9.05. The molecule has 0 unspecified atom stereocenters. The normalized spacial score (nSPS) is 4.50. The Morgan fingerprint density at radius 3 is 1.25 bits per heavy atom. The van der Waals surface area contributed by atoms with Gasteiger partial charge < -0.3 is 0 Å². The predicted molar refractivity (Wildman–Crippen MR) is 29.1 cm³/mol. The summed E-state index contributed by atoms with van der Waals surface area (Å²) in [4.78, 5) is 0. The minimum atomic E-state index is 0. The summed E-state index contributed by atoms with van der Waals surface area (Å²) in [7, 11) is 0. The van der Waals surface area contributed by atoms with E-state index in [9.17, 15) is 0 Å². The Bertz CT molecular complexity index is 6.00. The summed E-state index contributed by atoms with van der Waals surface area (Å²) in [5.74, 6) is 0. The van der Waals surface area contributed by atoms with Crippen LogP contribution < -0.4 is 0 Å². The molecule has 0 saturated carbocycles. The van der Waals surface area contributed by atoms with Crippen molar-refractivity contribution in [3.8, 4) is 0 Å². The average Bonchev–Trinajstić information content (AvgIpc) is 0.918. The smallest absolute Gasteiger partial charge is 0.124 e. The number of hydrogen-bond acceptors (Lipinski definition) is 1. The van der Waals surface area contributed by atoms with Crippen molar-refractivity contribution in [2.45, 2.75) is 0 Å². The molecule has 1 nitrogen and oxygen atoms in total. The molecule has 0 heterocycles. The topological polar surface area (TPSA) is 9.23 Å². The summed E-state index contributed by atoms with van der Waals surface area (Å²) in [5.41, 5.74) is 0. The zero-order valence-electron chi connectivity index (χ0n) is 1.54. The standard InChI is InChI=1S/I2O.Mn/c1-3-2;. The first-order valence-electron chi connectivity index (χ1n) is 0.309. The molecule has 0 spiro atoms. The Morgan fingerprint density at radius 1 is 1.25 bits per heavy atom. The van der Waals surface area contributed by atoms with E-state index in [-0.39, 0.29) is 17.1 Å². The summed E-state index contributed by atoms with van der Waals surface area (Å²) in [6, 6.07) is 0. The molecule has 0 saturated heterocycles. The molecule has 0 aromatic heterocycles. The van der Waals surface area contributed by atoms with Gasteiger partial charge in [-0.2, -0.15) is 0 Å². The minimum absolute atomic E-state index is 0. The SMILES string of the molecule is IOI.[Mn]. The number of rotatable bonds is 0. The van der Waals surface area contributed by atoms with Crippen LogP contribution in [0.4, 0.5) is 0 Å². The van der Waals surface area contributed by atoms with Crippen LogP contribution in [0.15, 0.2) is 0 Å². The molecular formula is I2MnO. The van der Waals surface area contributed by atoms with Gasteiger partial charge >= 0.3 is 0 Å². The van der Waals surface area contributed by atoms with Crippen LogP contribution in [0.3, 0.4) is 0 Å². The van der Waals surface area contributed by atoms with Gasteiger partial charge in [-0.1, -0.05) is 0 Å². The second-order valence-corrected chi connectivity index (χ2v) is 2.62. The van der Waals surface area contributed by atoms with E-state index in [0.717, 1.165) is 0 Å². The van der Waals surface area contributed by atoms with E-state index < -0.39 is 0 Å². The molecule has 0 N–H and O–H groups in total. The van der Waals surface area contributed by atoms with Crippen LogP contribution in [-0.4, -0.2) is 0 Å². The molecular weight excluding hydrogens is 325 g/mol. The van der Waals surface area contributed by atoms with E-state index in [4.69, 9.17) is 0 Å². The van der Waals surface area contributed by atoms with Crippen LogP contribution in [0.1, 0.15) is 0 Å². The van der Waals surface area contributed by atoms with Gasteiger partial charge in [0, 0.05) is 17.1 Å². The third-order valence-electron chi connectivity index (χ3n) is 0. The molecule has 0 atom stereocenters. The molecule has 0 aliphatic heterocycles. The molecule has 0 amide bonds. The monoisotopic (exact) mass is 325 g/mol. The zero-order chi connectivity index (χ0) is 2.71. The molecule has 0 aliphatic carbocycles. The molecule has 27 valence electrons. The molecule has 0 fully saturated rings. The van der Waals surface area contributed by atoms with E-state index in [0.29, 0.717) is 0 Å². The number of hydrogen-bond donors (Lipinski definition) is 0. The second-order valence-electron chi connectivity index (χ2n) is 0.0583. The fourth-order valence-electron chi connectivity index (χ4n) is 0. The van der Waals surface area contributed by atoms with Gasteiger partial charge in [-0.25, -0.2) is 1.40 Å². The van der Waals surface area contributed by atoms with Crippen LogP contribution in [0, 0.1) is 0 Å². The first-order chi connectivity index (χ1) is 1.41. The first-order valence-corrected chi connectivity index (χ1v) is 2.07. The van der Waals surface area contributed by atoms with Crippen molar-refractivity contribution in [3.05, 3.63) is 0 Å². The quantitative estimate of drug-likeness (QED) is 0.487. The van der Waals surface area contributed by atoms with Gasteiger partial charge in [-0.3, -0.25) is 0 Å². The molecule has 1 radical (unpaired) electrons. The predicted octanol–water partition coefficient (Wildman–Crippen LogP) is 1.70. The van der Waals surface area contributed by atoms with E-state index in [1.54, 1.807) is 46.0 Å². The van der Waals surface area contributed by atoms with Crippen molar-refractivity contribution in [2.75, 3.05) is 0 Å². The molecule has 0 aromatic carbocycles. The van der Waals surface area contributed by atoms with E-state index in [1.807, 2.05) is 0 Å². The molecule has 4 heteroatoms. The second kappa shape index (κ2) is 8.87. The van der Waals surface area contributed by atoms with Gasteiger partial charge in [-0.05, 0) is 0 Å². The summed E-state index contributed by atoms with van der Waals surface area (Å²) in [6.07, 6.45) is 0. The van der Waals surface area contributed by atoms with Gasteiger partial charge in [0.25, 0.3) is 0 Å². The minimum Gasteiger partial charge on any atom is -0.247 e. The Morgan fingerprint density at radius 2 is 1.25 bits per heavy atom. The van der Waals surface area contributed by atoms with Crippen LogP contribution in [0.2, 0.25) is 0 Å². The van der Waals surface area contributed by atoms with Gasteiger partial charge in [0.1, 0.15) is 46.0 Å². The van der Waals surface area contributed by atoms with Crippen molar-refractivity contribution in [1.29, 1.82) is 0 Å². The van der Waals surface area contributed by atoms with Crippen LogP contribution >= 0.6 is 46.0 Å². The third-order valence-corrected chi connectivity index (χ3v) is 0. The van der Waals surface area contributed by atoms with Crippen molar-refractivity contribution in [3.63, 3.8) is 0 Å². The maximum absolute atomic E-state index is 4.19. The molecule has 0 aliphatic rings. The Hall–Kier alpha value is 1.94.